The summed E-state index contributed by atoms with van der Waals surface area (Å²) in [5, 5.41) is 10.4. The van der Waals surface area contributed by atoms with Crippen molar-refractivity contribution in [2.45, 2.75) is 25.8 Å². The Kier molecular flexibility index (Phi) is 3.97. The van der Waals surface area contributed by atoms with Crippen LogP contribution in [-0.4, -0.2) is 39.3 Å². The summed E-state index contributed by atoms with van der Waals surface area (Å²) in [6.45, 7) is 4.40. The van der Waals surface area contributed by atoms with Crippen LogP contribution in [0.3, 0.4) is 0 Å². The molecule has 2 aromatic rings. The van der Waals surface area contributed by atoms with Crippen LogP contribution in [0.1, 0.15) is 19.0 Å². The van der Waals surface area contributed by atoms with E-state index >= 15 is 0 Å². The van der Waals surface area contributed by atoms with Crippen molar-refractivity contribution in [1.82, 2.24) is 25.1 Å². The van der Waals surface area contributed by atoms with Gasteiger partial charge in [0.2, 0.25) is 17.7 Å². The van der Waals surface area contributed by atoms with Crippen LogP contribution < -0.4 is 15.4 Å². The van der Waals surface area contributed by atoms with E-state index in [-0.39, 0.29) is 5.91 Å². The van der Waals surface area contributed by atoms with Gasteiger partial charge in [-0.2, -0.15) is 10.1 Å². The molecule has 1 saturated heterocycles. The van der Waals surface area contributed by atoms with Gasteiger partial charge in [0.25, 0.3) is 0 Å². The fraction of sp³-hybridized carbons (Fsp3) is 0.429. The molecular weight excluding hydrogens is 364 g/mol. The molecule has 0 saturated carbocycles. The number of hydrogen-bond donors (Lipinski definition) is 2. The van der Waals surface area contributed by atoms with E-state index in [1.807, 2.05) is 13.8 Å². The first-order chi connectivity index (χ1) is 10.9. The Bertz CT molecular complexity index is 762. The van der Waals surface area contributed by atoms with Crippen LogP contribution in [0.4, 0.5) is 11.6 Å². The summed E-state index contributed by atoms with van der Waals surface area (Å²) in [6, 6.07) is 0. The van der Waals surface area contributed by atoms with E-state index in [2.05, 4.69) is 41.6 Å². The molecule has 1 amide bonds. The summed E-state index contributed by atoms with van der Waals surface area (Å²) in [5.74, 6) is 0.816. The molecule has 3 rings (SSSR count). The highest BCUT2D eigenvalue weighted by atomic mass is 79.9. The van der Waals surface area contributed by atoms with Gasteiger partial charge < -0.3 is 15.4 Å². The molecule has 1 fully saturated rings. The Hall–Kier alpha value is -2.16. The molecule has 2 aromatic heterocycles. The predicted octanol–water partition coefficient (Wildman–Crippen LogP) is 1.73. The molecule has 122 valence electrons. The summed E-state index contributed by atoms with van der Waals surface area (Å²) < 4.78 is 7.53. The van der Waals surface area contributed by atoms with Crippen molar-refractivity contribution in [3.8, 4) is 5.88 Å². The van der Waals surface area contributed by atoms with Crippen molar-refractivity contribution in [2.75, 3.05) is 19.0 Å². The van der Waals surface area contributed by atoms with E-state index in [9.17, 15) is 4.79 Å². The van der Waals surface area contributed by atoms with Gasteiger partial charge in [0.15, 0.2) is 0 Å². The third-order valence-corrected chi connectivity index (χ3v) is 4.49. The summed E-state index contributed by atoms with van der Waals surface area (Å²) in [6.07, 6.45) is 4.12. The quantitative estimate of drug-likeness (QED) is 0.838. The number of aryl methyl sites for hydroxylation is 1. The lowest BCUT2D eigenvalue weighted by Gasteiger charge is -2.20. The monoisotopic (exact) mass is 380 g/mol. The molecular formula is C14H17BrN6O2. The molecule has 8 nitrogen and oxygen atoms in total. The minimum Gasteiger partial charge on any atom is -0.480 e. The second kappa shape index (κ2) is 5.80. The first-order valence-corrected chi connectivity index (χ1v) is 7.92. The van der Waals surface area contributed by atoms with E-state index in [0.717, 1.165) is 11.4 Å². The van der Waals surface area contributed by atoms with Crippen LogP contribution in [0.5, 0.6) is 5.88 Å². The number of ether oxygens (including phenoxy) is 1. The zero-order valence-electron chi connectivity index (χ0n) is 13.1. The van der Waals surface area contributed by atoms with Crippen molar-refractivity contribution >= 4 is 33.5 Å². The zero-order chi connectivity index (χ0) is 16.6. The maximum atomic E-state index is 12.1. The number of hydrogen-bond acceptors (Lipinski definition) is 6. The molecule has 0 bridgehead atoms. The third kappa shape index (κ3) is 2.76. The van der Waals surface area contributed by atoms with Crippen molar-refractivity contribution in [3.05, 3.63) is 22.6 Å². The molecule has 23 heavy (non-hydrogen) atoms. The van der Waals surface area contributed by atoms with E-state index in [4.69, 9.17) is 4.74 Å². The van der Waals surface area contributed by atoms with Gasteiger partial charge in [0, 0.05) is 6.54 Å². The number of halogens is 1. The van der Waals surface area contributed by atoms with Crippen molar-refractivity contribution in [3.63, 3.8) is 0 Å². The average molecular weight is 381 g/mol. The van der Waals surface area contributed by atoms with E-state index in [1.54, 1.807) is 24.2 Å². The fourth-order valence-electron chi connectivity index (χ4n) is 2.45. The Balaban J connectivity index is 1.89. The highest BCUT2D eigenvalue weighted by Crippen LogP contribution is 2.29. The van der Waals surface area contributed by atoms with Crippen molar-refractivity contribution < 1.29 is 9.53 Å². The summed E-state index contributed by atoms with van der Waals surface area (Å²) in [7, 11) is 1.54. The SMILES string of the molecule is COc1nc(Nc2cn([C@@]3(C)CCNC3=O)nc2C)ncc1Br. The highest BCUT2D eigenvalue weighted by Gasteiger charge is 2.40. The molecule has 0 aromatic carbocycles. The number of nitrogens with one attached hydrogen (secondary N) is 2. The van der Waals surface area contributed by atoms with E-state index in [0.29, 0.717) is 29.3 Å². The maximum absolute atomic E-state index is 12.1. The first-order valence-electron chi connectivity index (χ1n) is 7.12. The average Bonchev–Trinajstić information content (AvgIpc) is 3.06. The number of methoxy groups -OCH3 is 1. The molecule has 1 atom stereocenters. The first kappa shape index (κ1) is 15.7. The Morgan fingerprint density at radius 1 is 1.52 bits per heavy atom. The number of aromatic nitrogens is 4. The third-order valence-electron chi connectivity index (χ3n) is 3.94. The van der Waals surface area contributed by atoms with Gasteiger partial charge in [-0.05, 0) is 36.2 Å². The number of nitrogens with zero attached hydrogens (tertiary/aromatic N) is 4. The molecule has 0 spiro atoms. The zero-order valence-corrected chi connectivity index (χ0v) is 14.6. The second-order valence-corrected chi connectivity index (χ2v) is 6.38. The molecule has 1 aliphatic rings. The minimum atomic E-state index is -0.664. The highest BCUT2D eigenvalue weighted by molar-refractivity contribution is 9.10. The van der Waals surface area contributed by atoms with Crippen LogP contribution in [0.2, 0.25) is 0 Å². The molecule has 1 aliphatic heterocycles. The standard InChI is InChI=1S/C14H17BrN6O2/c1-8-10(18-13-17-6-9(15)11(19-13)23-3)7-21(20-8)14(2)4-5-16-12(14)22/h6-7H,4-5H2,1-3H3,(H,16,22)(H,17,18,19)/t14-/m0/s1. The summed E-state index contributed by atoms with van der Waals surface area (Å²) in [5.41, 5.74) is 0.842. The lowest BCUT2D eigenvalue weighted by molar-refractivity contribution is -0.126. The van der Waals surface area contributed by atoms with Gasteiger partial charge in [-0.1, -0.05) is 0 Å². The van der Waals surface area contributed by atoms with Gasteiger partial charge in [0.05, 0.1) is 35.4 Å². The molecule has 0 unspecified atom stereocenters. The molecule has 9 heteroatoms. The van der Waals surface area contributed by atoms with Crippen molar-refractivity contribution in [2.24, 2.45) is 0 Å². The van der Waals surface area contributed by atoms with E-state index < -0.39 is 5.54 Å². The summed E-state index contributed by atoms with van der Waals surface area (Å²) >= 11 is 3.31. The number of rotatable bonds is 4. The number of anilines is 2. The lowest BCUT2D eigenvalue weighted by Crippen LogP contribution is -2.38. The largest absolute Gasteiger partial charge is 0.480 e. The van der Waals surface area contributed by atoms with Gasteiger partial charge in [0.1, 0.15) is 5.54 Å². The molecule has 3 heterocycles. The smallest absolute Gasteiger partial charge is 0.247 e. The number of carbonyl (C=O) groups is 1. The Morgan fingerprint density at radius 2 is 2.30 bits per heavy atom. The summed E-state index contributed by atoms with van der Waals surface area (Å²) in [4.78, 5) is 20.5. The van der Waals surface area contributed by atoms with E-state index in [1.165, 1.54) is 0 Å². The maximum Gasteiger partial charge on any atom is 0.247 e. The van der Waals surface area contributed by atoms with Gasteiger partial charge in [-0.25, -0.2) is 4.98 Å². The Morgan fingerprint density at radius 3 is 2.96 bits per heavy atom. The number of amides is 1. The molecule has 2 N–H and O–H groups in total. The van der Waals surface area contributed by atoms with Crippen molar-refractivity contribution in [1.29, 1.82) is 0 Å². The van der Waals surface area contributed by atoms with Gasteiger partial charge in [-0.15, -0.1) is 0 Å². The topological polar surface area (TPSA) is 94.0 Å². The van der Waals surface area contributed by atoms with Crippen LogP contribution in [0.15, 0.2) is 16.9 Å². The van der Waals surface area contributed by atoms with Crippen LogP contribution in [-0.2, 0) is 10.3 Å². The fourth-order valence-corrected chi connectivity index (χ4v) is 2.81. The second-order valence-electron chi connectivity index (χ2n) is 5.53. The molecule has 0 aliphatic carbocycles. The minimum absolute atomic E-state index is 0.0203. The number of carbonyl (C=O) groups excluding carboxylic acids is 1. The van der Waals surface area contributed by atoms with Gasteiger partial charge >= 0.3 is 0 Å². The normalized spacial score (nSPS) is 20.4. The Labute approximate surface area is 141 Å². The van der Waals surface area contributed by atoms with Crippen LogP contribution >= 0.6 is 15.9 Å². The van der Waals surface area contributed by atoms with Crippen LogP contribution in [0, 0.1) is 6.92 Å². The molecule has 0 radical (unpaired) electrons. The van der Waals surface area contributed by atoms with Crippen LogP contribution in [0.25, 0.3) is 0 Å². The lowest BCUT2D eigenvalue weighted by atomic mass is 10.0. The predicted molar refractivity (Wildman–Crippen MR) is 87.8 cm³/mol. The van der Waals surface area contributed by atoms with Gasteiger partial charge in [-0.3, -0.25) is 9.48 Å².